The normalized spacial score (nSPS) is 14.9. The van der Waals surface area contributed by atoms with Crippen molar-refractivity contribution < 1.29 is 9.66 Å². The summed E-state index contributed by atoms with van der Waals surface area (Å²) in [4.78, 5) is 16.9. The van der Waals surface area contributed by atoms with Crippen LogP contribution in [0.2, 0.25) is 0 Å². The Kier molecular flexibility index (Phi) is 4.72. The van der Waals surface area contributed by atoms with Gasteiger partial charge in [-0.15, -0.1) is 10.2 Å². The van der Waals surface area contributed by atoms with Crippen molar-refractivity contribution in [3.63, 3.8) is 0 Å². The number of nitrogens with zero attached hydrogens (tertiary/aromatic N) is 6. The molecule has 3 heterocycles. The zero-order valence-corrected chi connectivity index (χ0v) is 13.4. The van der Waals surface area contributed by atoms with Gasteiger partial charge in [-0.25, -0.2) is 4.98 Å². The number of morpholine rings is 1. The predicted octanol–water partition coefficient (Wildman–Crippen LogP) is 1.59. The quantitative estimate of drug-likeness (QED) is 0.599. The Bertz CT molecular complexity index is 701. The van der Waals surface area contributed by atoms with Crippen LogP contribution in [0.1, 0.15) is 6.92 Å². The Morgan fingerprint density at radius 1 is 1.39 bits per heavy atom. The summed E-state index contributed by atoms with van der Waals surface area (Å²) >= 11 is 1.16. The maximum atomic E-state index is 11.1. The van der Waals surface area contributed by atoms with Crippen LogP contribution < -0.4 is 4.90 Å². The highest BCUT2D eigenvalue weighted by Crippen LogP contribution is 2.33. The molecule has 3 rings (SSSR count). The minimum absolute atomic E-state index is 0.0314. The molecule has 1 aliphatic heterocycles. The molecule has 0 bridgehead atoms. The van der Waals surface area contributed by atoms with E-state index in [0.717, 1.165) is 30.8 Å². The first-order chi connectivity index (χ1) is 11.2. The lowest BCUT2D eigenvalue weighted by molar-refractivity contribution is -0.388. The molecule has 2 aromatic rings. The molecule has 0 amide bonds. The fourth-order valence-electron chi connectivity index (χ4n) is 2.32. The van der Waals surface area contributed by atoms with Gasteiger partial charge >= 0.3 is 5.69 Å². The zero-order valence-electron chi connectivity index (χ0n) is 12.6. The van der Waals surface area contributed by atoms with Gasteiger partial charge in [0.2, 0.25) is 5.95 Å². The Morgan fingerprint density at radius 2 is 2.17 bits per heavy atom. The average Bonchev–Trinajstić information content (AvgIpc) is 2.98. The maximum absolute atomic E-state index is 11.1. The Hall–Kier alpha value is -2.20. The zero-order chi connectivity index (χ0) is 16.2. The molecule has 122 valence electrons. The van der Waals surface area contributed by atoms with Crippen LogP contribution in [0.4, 0.5) is 11.6 Å². The third kappa shape index (κ3) is 3.27. The van der Waals surface area contributed by atoms with Crippen molar-refractivity contribution in [2.75, 3.05) is 31.2 Å². The third-order valence-electron chi connectivity index (χ3n) is 3.44. The highest BCUT2D eigenvalue weighted by Gasteiger charge is 2.23. The van der Waals surface area contributed by atoms with Gasteiger partial charge in [0.05, 0.1) is 18.1 Å². The van der Waals surface area contributed by atoms with E-state index in [1.54, 1.807) is 6.07 Å². The maximum Gasteiger partial charge on any atom is 0.301 e. The van der Waals surface area contributed by atoms with Crippen LogP contribution in [0.25, 0.3) is 0 Å². The molecular weight excluding hydrogens is 320 g/mol. The topological polar surface area (TPSA) is 99.2 Å². The van der Waals surface area contributed by atoms with Crippen molar-refractivity contribution in [1.82, 2.24) is 19.7 Å². The third-order valence-corrected chi connectivity index (χ3v) is 4.44. The molecule has 23 heavy (non-hydrogen) atoms. The van der Waals surface area contributed by atoms with Crippen molar-refractivity contribution >= 4 is 23.4 Å². The van der Waals surface area contributed by atoms with Gasteiger partial charge in [0.25, 0.3) is 0 Å². The largest absolute Gasteiger partial charge is 0.378 e. The fraction of sp³-hybridized carbons (Fsp3) is 0.462. The van der Waals surface area contributed by atoms with Crippen molar-refractivity contribution in [2.24, 2.45) is 0 Å². The van der Waals surface area contributed by atoms with E-state index in [4.69, 9.17) is 4.74 Å². The van der Waals surface area contributed by atoms with Gasteiger partial charge in [0.1, 0.15) is 0 Å². The smallest absolute Gasteiger partial charge is 0.301 e. The number of hydrogen-bond acceptors (Lipinski definition) is 8. The molecule has 0 aliphatic carbocycles. The van der Waals surface area contributed by atoms with Crippen LogP contribution in [0.5, 0.6) is 0 Å². The second kappa shape index (κ2) is 6.92. The standard InChI is InChI=1S/C13H16N6O3S/c1-2-18-12(17-6-8-22-9-7-17)15-16-13(18)23-11-10(19(20)21)4-3-5-14-11/h3-5H,2,6-9H2,1H3. The van der Waals surface area contributed by atoms with Crippen LogP contribution in [0.3, 0.4) is 0 Å². The SMILES string of the molecule is CCn1c(Sc2ncccc2[N+](=O)[O-])nnc1N1CCOCC1. The predicted molar refractivity (Wildman–Crippen MR) is 83.7 cm³/mol. The summed E-state index contributed by atoms with van der Waals surface area (Å²) in [5.74, 6) is 0.761. The molecule has 0 atom stereocenters. The lowest BCUT2D eigenvalue weighted by Crippen LogP contribution is -2.38. The number of ether oxygens (including phenoxy) is 1. The van der Waals surface area contributed by atoms with E-state index in [1.165, 1.54) is 12.3 Å². The molecule has 0 saturated carbocycles. The van der Waals surface area contributed by atoms with E-state index >= 15 is 0 Å². The molecule has 9 nitrogen and oxygen atoms in total. The molecule has 0 N–H and O–H groups in total. The summed E-state index contributed by atoms with van der Waals surface area (Å²) in [5, 5.41) is 20.4. The van der Waals surface area contributed by atoms with Crippen molar-refractivity contribution in [1.29, 1.82) is 0 Å². The lowest BCUT2D eigenvalue weighted by Gasteiger charge is -2.27. The molecular formula is C13H16N6O3S. The first-order valence-corrected chi connectivity index (χ1v) is 8.05. The summed E-state index contributed by atoms with van der Waals surface area (Å²) in [6, 6.07) is 2.98. The van der Waals surface area contributed by atoms with Gasteiger partial charge < -0.3 is 9.64 Å². The molecule has 0 spiro atoms. The lowest BCUT2D eigenvalue weighted by atomic mass is 10.4. The number of pyridine rings is 1. The first kappa shape index (κ1) is 15.7. The summed E-state index contributed by atoms with van der Waals surface area (Å²) in [5.41, 5.74) is -0.0314. The van der Waals surface area contributed by atoms with E-state index in [-0.39, 0.29) is 5.69 Å². The van der Waals surface area contributed by atoms with Gasteiger partial charge in [-0.3, -0.25) is 14.7 Å². The minimum Gasteiger partial charge on any atom is -0.378 e. The fourth-order valence-corrected chi connectivity index (χ4v) is 3.25. The molecule has 2 aromatic heterocycles. The molecule has 1 aliphatic rings. The minimum atomic E-state index is -0.440. The Morgan fingerprint density at radius 3 is 2.87 bits per heavy atom. The van der Waals surface area contributed by atoms with E-state index in [1.807, 2.05) is 11.5 Å². The highest BCUT2D eigenvalue weighted by molar-refractivity contribution is 7.99. The summed E-state index contributed by atoms with van der Waals surface area (Å²) in [6.45, 7) is 5.49. The van der Waals surface area contributed by atoms with Crippen molar-refractivity contribution in [3.8, 4) is 0 Å². The van der Waals surface area contributed by atoms with Gasteiger partial charge in [0.15, 0.2) is 10.2 Å². The van der Waals surface area contributed by atoms with Crippen LogP contribution in [0, 0.1) is 10.1 Å². The Labute approximate surface area is 136 Å². The summed E-state index contributed by atoms with van der Waals surface area (Å²) in [7, 11) is 0. The molecule has 0 radical (unpaired) electrons. The van der Waals surface area contributed by atoms with E-state index < -0.39 is 4.92 Å². The van der Waals surface area contributed by atoms with Gasteiger partial charge in [0, 0.05) is 31.9 Å². The first-order valence-electron chi connectivity index (χ1n) is 7.24. The van der Waals surface area contributed by atoms with E-state index in [2.05, 4.69) is 20.1 Å². The van der Waals surface area contributed by atoms with E-state index in [0.29, 0.717) is 29.9 Å². The van der Waals surface area contributed by atoms with Gasteiger partial charge in [-0.1, -0.05) is 0 Å². The van der Waals surface area contributed by atoms with Crippen molar-refractivity contribution in [2.45, 2.75) is 23.7 Å². The monoisotopic (exact) mass is 336 g/mol. The van der Waals surface area contributed by atoms with Crippen LogP contribution in [-0.2, 0) is 11.3 Å². The van der Waals surface area contributed by atoms with Crippen LogP contribution in [-0.4, -0.2) is 51.0 Å². The van der Waals surface area contributed by atoms with Crippen LogP contribution >= 0.6 is 11.8 Å². The number of nitro groups is 1. The second-order valence-corrected chi connectivity index (χ2v) is 5.77. The number of rotatable bonds is 5. The highest BCUT2D eigenvalue weighted by atomic mass is 32.2. The van der Waals surface area contributed by atoms with Gasteiger partial charge in [-0.2, -0.15) is 0 Å². The molecule has 0 unspecified atom stereocenters. The molecule has 1 saturated heterocycles. The number of anilines is 1. The van der Waals surface area contributed by atoms with Crippen LogP contribution in [0.15, 0.2) is 28.5 Å². The summed E-state index contributed by atoms with van der Waals surface area (Å²) < 4.78 is 7.29. The van der Waals surface area contributed by atoms with Crippen molar-refractivity contribution in [3.05, 3.63) is 28.4 Å². The van der Waals surface area contributed by atoms with E-state index in [9.17, 15) is 10.1 Å². The second-order valence-electron chi connectivity index (χ2n) is 4.81. The molecule has 10 heteroatoms. The molecule has 0 aromatic carbocycles. The summed E-state index contributed by atoms with van der Waals surface area (Å²) in [6.07, 6.45) is 1.53. The Balaban J connectivity index is 1.89. The molecule has 1 fully saturated rings. The number of aromatic nitrogens is 4. The average molecular weight is 336 g/mol. The number of hydrogen-bond donors (Lipinski definition) is 0. The van der Waals surface area contributed by atoms with Gasteiger partial charge in [-0.05, 0) is 24.8 Å².